The topological polar surface area (TPSA) is 86.2 Å². The smallest absolute Gasteiger partial charge is 0.230 e. The van der Waals surface area contributed by atoms with Gasteiger partial charge in [0.15, 0.2) is 0 Å². The number of anilines is 1. The molecule has 1 aromatic rings. The maximum absolute atomic E-state index is 11.6. The molecule has 0 aliphatic carbocycles. The van der Waals surface area contributed by atoms with E-state index >= 15 is 0 Å². The highest BCUT2D eigenvalue weighted by molar-refractivity contribution is 7.85. The summed E-state index contributed by atoms with van der Waals surface area (Å²) in [7, 11) is -1.36. The predicted octanol–water partition coefficient (Wildman–Crippen LogP) is 0.170. The molecule has 1 rings (SSSR count). The normalized spacial score (nSPS) is 12.4. The minimum Gasteiger partial charge on any atom is -0.399 e. The predicted molar refractivity (Wildman–Crippen MR) is 56.1 cm³/mol. The number of nitrogen functional groups attached to an aromatic ring is 1. The summed E-state index contributed by atoms with van der Waals surface area (Å²) in [4.78, 5) is 11.2. The molecule has 0 fully saturated rings. The van der Waals surface area contributed by atoms with Gasteiger partial charge < -0.3 is 11.5 Å². The average molecular weight is 212 g/mol. The lowest BCUT2D eigenvalue weighted by molar-refractivity contribution is -0.115. The van der Waals surface area contributed by atoms with E-state index in [1.807, 2.05) is 0 Å². The van der Waals surface area contributed by atoms with Gasteiger partial charge in [-0.2, -0.15) is 0 Å². The molecule has 0 heterocycles. The Kier molecular flexibility index (Phi) is 3.24. The number of carbonyl (C=O) groups is 1. The largest absolute Gasteiger partial charge is 0.399 e. The number of benzene rings is 1. The molecule has 1 unspecified atom stereocenters. The molecule has 1 atom stereocenters. The molecule has 0 radical (unpaired) electrons. The Morgan fingerprint density at radius 3 is 2.64 bits per heavy atom. The second-order valence-electron chi connectivity index (χ2n) is 2.98. The zero-order valence-corrected chi connectivity index (χ0v) is 8.64. The third-order valence-corrected chi connectivity index (χ3v) is 3.21. The van der Waals surface area contributed by atoms with Crippen LogP contribution in [0, 0.1) is 6.92 Å². The molecule has 0 saturated heterocycles. The summed E-state index contributed by atoms with van der Waals surface area (Å²) in [6, 6.07) is 5.03. The number of rotatable bonds is 3. The molecular weight excluding hydrogens is 200 g/mol. The van der Waals surface area contributed by atoms with Crippen molar-refractivity contribution in [2.45, 2.75) is 11.8 Å². The molecular formula is C9H12N2O2S. The Morgan fingerprint density at radius 1 is 1.50 bits per heavy atom. The lowest BCUT2D eigenvalue weighted by Gasteiger charge is -2.04. The van der Waals surface area contributed by atoms with Crippen LogP contribution in [0.15, 0.2) is 23.1 Å². The van der Waals surface area contributed by atoms with E-state index in [1.165, 1.54) is 0 Å². The molecule has 0 bridgehead atoms. The molecule has 5 heteroatoms. The van der Waals surface area contributed by atoms with Gasteiger partial charge in [0.2, 0.25) is 5.91 Å². The van der Waals surface area contributed by atoms with Gasteiger partial charge in [0, 0.05) is 10.6 Å². The SMILES string of the molecule is Cc1cc(N)ccc1S(=O)CC(N)=O. The van der Waals surface area contributed by atoms with Gasteiger partial charge in [-0.1, -0.05) is 0 Å². The van der Waals surface area contributed by atoms with Crippen LogP contribution in [0.1, 0.15) is 5.56 Å². The number of primary amides is 1. The van der Waals surface area contributed by atoms with E-state index in [0.717, 1.165) is 5.56 Å². The number of hydrogen-bond donors (Lipinski definition) is 2. The van der Waals surface area contributed by atoms with Crippen LogP contribution in [0.2, 0.25) is 0 Å². The monoisotopic (exact) mass is 212 g/mol. The summed E-state index contributed by atoms with van der Waals surface area (Å²) in [6.07, 6.45) is 0. The summed E-state index contributed by atoms with van der Waals surface area (Å²) in [5.74, 6) is -0.718. The van der Waals surface area contributed by atoms with E-state index in [0.29, 0.717) is 10.6 Å². The fraction of sp³-hybridized carbons (Fsp3) is 0.222. The van der Waals surface area contributed by atoms with Gasteiger partial charge >= 0.3 is 0 Å². The van der Waals surface area contributed by atoms with Crippen molar-refractivity contribution >= 4 is 22.4 Å². The first-order chi connectivity index (χ1) is 6.50. The molecule has 0 aliphatic rings. The van der Waals surface area contributed by atoms with Crippen LogP contribution in [0.5, 0.6) is 0 Å². The van der Waals surface area contributed by atoms with Crippen LogP contribution in [0.25, 0.3) is 0 Å². The highest BCUT2D eigenvalue weighted by Crippen LogP contribution is 2.16. The van der Waals surface area contributed by atoms with Gasteiger partial charge in [0.25, 0.3) is 0 Å². The van der Waals surface area contributed by atoms with Crippen molar-refractivity contribution in [3.8, 4) is 0 Å². The second-order valence-corrected chi connectivity index (χ2v) is 4.40. The zero-order chi connectivity index (χ0) is 10.7. The van der Waals surface area contributed by atoms with Gasteiger partial charge in [-0.15, -0.1) is 0 Å². The van der Waals surface area contributed by atoms with Crippen molar-refractivity contribution in [2.75, 3.05) is 11.5 Å². The summed E-state index contributed by atoms with van der Waals surface area (Å²) >= 11 is 0. The van der Waals surface area contributed by atoms with E-state index in [9.17, 15) is 9.00 Å². The van der Waals surface area contributed by atoms with Gasteiger partial charge in [0.05, 0.1) is 10.8 Å². The third-order valence-electron chi connectivity index (χ3n) is 1.72. The van der Waals surface area contributed by atoms with Gasteiger partial charge in [-0.3, -0.25) is 9.00 Å². The standard InChI is InChI=1S/C9H12N2O2S/c1-6-4-7(10)2-3-8(6)14(13)5-9(11)12/h2-4H,5,10H2,1H3,(H2,11,12). The molecule has 4 nitrogen and oxygen atoms in total. The average Bonchev–Trinajstić information content (AvgIpc) is 2.01. The Bertz CT molecular complexity index is 390. The molecule has 0 aromatic heterocycles. The van der Waals surface area contributed by atoms with E-state index < -0.39 is 16.7 Å². The van der Waals surface area contributed by atoms with Crippen molar-refractivity contribution in [3.05, 3.63) is 23.8 Å². The summed E-state index contributed by atoms with van der Waals surface area (Å²) in [5.41, 5.74) is 11.9. The zero-order valence-electron chi connectivity index (χ0n) is 7.82. The molecule has 0 aliphatic heterocycles. The molecule has 14 heavy (non-hydrogen) atoms. The number of amides is 1. The number of carbonyl (C=O) groups excluding carboxylic acids is 1. The van der Waals surface area contributed by atoms with Gasteiger partial charge in [-0.25, -0.2) is 0 Å². The number of hydrogen-bond acceptors (Lipinski definition) is 3. The van der Waals surface area contributed by atoms with Crippen LogP contribution in [0.3, 0.4) is 0 Å². The molecule has 1 aromatic carbocycles. The molecule has 76 valence electrons. The van der Waals surface area contributed by atoms with E-state index in [1.54, 1.807) is 25.1 Å². The first-order valence-corrected chi connectivity index (χ1v) is 5.35. The van der Waals surface area contributed by atoms with Crippen molar-refractivity contribution in [3.63, 3.8) is 0 Å². The van der Waals surface area contributed by atoms with Crippen LogP contribution >= 0.6 is 0 Å². The Hall–Kier alpha value is -1.36. The van der Waals surface area contributed by atoms with Gasteiger partial charge in [0.1, 0.15) is 5.75 Å². The van der Waals surface area contributed by atoms with E-state index in [2.05, 4.69) is 0 Å². The number of nitrogens with two attached hydrogens (primary N) is 2. The quantitative estimate of drug-likeness (QED) is 0.700. The summed E-state index contributed by atoms with van der Waals surface area (Å²) in [5, 5.41) is 0. The maximum atomic E-state index is 11.6. The fourth-order valence-corrected chi connectivity index (χ4v) is 2.19. The fourth-order valence-electron chi connectivity index (χ4n) is 1.14. The van der Waals surface area contributed by atoms with E-state index in [4.69, 9.17) is 11.5 Å². The Balaban J connectivity index is 2.96. The highest BCUT2D eigenvalue weighted by Gasteiger charge is 2.09. The second kappa shape index (κ2) is 4.23. The first kappa shape index (κ1) is 10.7. The van der Waals surface area contributed by atoms with Crippen LogP contribution in [0.4, 0.5) is 5.69 Å². The third kappa shape index (κ3) is 2.56. The number of aryl methyl sites for hydroxylation is 1. The van der Waals surface area contributed by atoms with Crippen molar-refractivity contribution in [2.24, 2.45) is 5.73 Å². The van der Waals surface area contributed by atoms with Crippen molar-refractivity contribution in [1.29, 1.82) is 0 Å². The molecule has 0 spiro atoms. The molecule has 4 N–H and O–H groups in total. The lowest BCUT2D eigenvalue weighted by Crippen LogP contribution is -2.19. The molecule has 0 saturated carbocycles. The Morgan fingerprint density at radius 2 is 2.14 bits per heavy atom. The lowest BCUT2D eigenvalue weighted by atomic mass is 10.2. The van der Waals surface area contributed by atoms with Gasteiger partial charge in [-0.05, 0) is 30.7 Å². The van der Waals surface area contributed by atoms with Crippen molar-refractivity contribution < 1.29 is 9.00 Å². The first-order valence-electron chi connectivity index (χ1n) is 4.03. The van der Waals surface area contributed by atoms with Crippen LogP contribution in [-0.2, 0) is 15.6 Å². The maximum Gasteiger partial charge on any atom is 0.230 e. The highest BCUT2D eigenvalue weighted by atomic mass is 32.2. The minimum absolute atomic E-state index is 0.148. The summed E-state index contributed by atoms with van der Waals surface area (Å²) < 4.78 is 11.6. The Labute approximate surface area is 84.7 Å². The molecule has 1 amide bonds. The van der Waals surface area contributed by atoms with Crippen LogP contribution < -0.4 is 11.5 Å². The minimum atomic E-state index is -1.36. The van der Waals surface area contributed by atoms with Crippen LogP contribution in [-0.4, -0.2) is 15.9 Å². The van der Waals surface area contributed by atoms with E-state index in [-0.39, 0.29) is 5.75 Å². The summed E-state index contributed by atoms with van der Waals surface area (Å²) in [6.45, 7) is 1.80. The van der Waals surface area contributed by atoms with Crippen molar-refractivity contribution in [1.82, 2.24) is 0 Å².